The molecule has 2 aromatic carbocycles. The number of hydrogen-bond acceptors (Lipinski definition) is 6. The normalized spacial score (nSPS) is 10.9. The molecular weight excluding hydrogens is 396 g/mol. The largest absolute Gasteiger partial charge is 0.497 e. The SMILES string of the molecule is COc1ccc(C(=O)CSc2ncnc3c2cnn3-c2ccc(Cl)cc2)cc1. The summed E-state index contributed by atoms with van der Waals surface area (Å²) in [5, 5.41) is 6.59. The second-order valence-electron chi connectivity index (χ2n) is 5.89. The predicted molar refractivity (Wildman–Crippen MR) is 110 cm³/mol. The molecule has 4 aromatic rings. The van der Waals surface area contributed by atoms with E-state index in [1.54, 1.807) is 54.4 Å². The molecule has 8 heteroatoms. The van der Waals surface area contributed by atoms with Crippen molar-refractivity contribution in [3.05, 3.63) is 71.6 Å². The number of carbonyl (C=O) groups excluding carboxylic acids is 1. The van der Waals surface area contributed by atoms with Crippen LogP contribution in [-0.2, 0) is 0 Å². The van der Waals surface area contributed by atoms with E-state index in [0.717, 1.165) is 16.8 Å². The topological polar surface area (TPSA) is 69.9 Å². The number of carbonyl (C=O) groups is 1. The summed E-state index contributed by atoms with van der Waals surface area (Å²) in [5.74, 6) is 1.01. The molecule has 0 amide bonds. The Kier molecular flexibility index (Phi) is 5.27. The van der Waals surface area contributed by atoms with E-state index >= 15 is 0 Å². The average molecular weight is 411 g/mol. The molecule has 2 aromatic heterocycles. The molecule has 0 spiro atoms. The monoisotopic (exact) mass is 410 g/mol. The van der Waals surface area contributed by atoms with Crippen molar-refractivity contribution in [3.63, 3.8) is 0 Å². The van der Waals surface area contributed by atoms with Crippen LogP contribution in [0.25, 0.3) is 16.7 Å². The zero-order chi connectivity index (χ0) is 19.5. The first-order chi connectivity index (χ1) is 13.7. The van der Waals surface area contributed by atoms with Gasteiger partial charge in [0, 0.05) is 10.6 Å². The van der Waals surface area contributed by atoms with Gasteiger partial charge >= 0.3 is 0 Å². The number of Topliss-reactive ketones (excluding diaryl/α,β-unsaturated/α-hetero) is 1. The van der Waals surface area contributed by atoms with Crippen molar-refractivity contribution in [1.29, 1.82) is 0 Å². The summed E-state index contributed by atoms with van der Waals surface area (Å²) in [6, 6.07) is 14.4. The number of ether oxygens (including phenoxy) is 1. The zero-order valence-electron chi connectivity index (χ0n) is 14.9. The van der Waals surface area contributed by atoms with Crippen LogP contribution in [0.2, 0.25) is 5.02 Å². The summed E-state index contributed by atoms with van der Waals surface area (Å²) in [7, 11) is 1.59. The van der Waals surface area contributed by atoms with E-state index < -0.39 is 0 Å². The first kappa shape index (κ1) is 18.5. The second kappa shape index (κ2) is 8.00. The molecular formula is C20H15ClN4O2S. The highest BCUT2D eigenvalue weighted by Gasteiger charge is 2.14. The molecule has 0 saturated carbocycles. The Morgan fingerprint density at radius 2 is 1.86 bits per heavy atom. The average Bonchev–Trinajstić information content (AvgIpc) is 3.17. The molecule has 0 fully saturated rings. The molecule has 28 heavy (non-hydrogen) atoms. The minimum Gasteiger partial charge on any atom is -0.497 e. The zero-order valence-corrected chi connectivity index (χ0v) is 16.4. The Bertz CT molecular complexity index is 1130. The van der Waals surface area contributed by atoms with Gasteiger partial charge in [0.15, 0.2) is 11.4 Å². The van der Waals surface area contributed by atoms with Gasteiger partial charge in [-0.15, -0.1) is 0 Å². The Morgan fingerprint density at radius 3 is 2.57 bits per heavy atom. The molecule has 0 saturated heterocycles. The standard InChI is InChI=1S/C20H15ClN4O2S/c1-27-16-8-2-13(3-9-16)18(26)11-28-20-17-10-24-25(19(17)22-12-23-20)15-6-4-14(21)5-7-15/h2-10,12H,11H2,1H3. The highest BCUT2D eigenvalue weighted by Crippen LogP contribution is 2.27. The van der Waals surface area contributed by atoms with E-state index in [9.17, 15) is 4.79 Å². The third-order valence-electron chi connectivity index (χ3n) is 4.15. The van der Waals surface area contributed by atoms with Crippen molar-refractivity contribution >= 4 is 40.2 Å². The van der Waals surface area contributed by atoms with Crippen molar-refractivity contribution in [2.75, 3.05) is 12.9 Å². The fourth-order valence-electron chi connectivity index (χ4n) is 2.70. The van der Waals surface area contributed by atoms with E-state index in [4.69, 9.17) is 16.3 Å². The first-order valence-electron chi connectivity index (χ1n) is 8.40. The minimum atomic E-state index is 0.0181. The van der Waals surface area contributed by atoms with Crippen LogP contribution in [0.4, 0.5) is 0 Å². The predicted octanol–water partition coefficient (Wildman–Crippen LogP) is 4.45. The van der Waals surface area contributed by atoms with Crippen LogP contribution in [0.3, 0.4) is 0 Å². The summed E-state index contributed by atoms with van der Waals surface area (Å²) in [5.41, 5.74) is 2.16. The molecule has 0 aliphatic rings. The number of thioether (sulfide) groups is 1. The minimum absolute atomic E-state index is 0.0181. The van der Waals surface area contributed by atoms with Crippen LogP contribution in [0, 0.1) is 0 Å². The van der Waals surface area contributed by atoms with Crippen molar-refractivity contribution in [1.82, 2.24) is 19.7 Å². The smallest absolute Gasteiger partial charge is 0.173 e. The Morgan fingerprint density at radius 1 is 1.11 bits per heavy atom. The van der Waals surface area contributed by atoms with Gasteiger partial charge in [-0.1, -0.05) is 23.4 Å². The van der Waals surface area contributed by atoms with Crippen molar-refractivity contribution in [3.8, 4) is 11.4 Å². The fraction of sp³-hybridized carbons (Fsp3) is 0.100. The van der Waals surface area contributed by atoms with E-state index in [-0.39, 0.29) is 11.5 Å². The van der Waals surface area contributed by atoms with Gasteiger partial charge in [0.1, 0.15) is 17.1 Å². The van der Waals surface area contributed by atoms with Crippen LogP contribution < -0.4 is 4.74 Å². The maximum absolute atomic E-state index is 12.5. The Balaban J connectivity index is 1.56. The molecule has 6 nitrogen and oxygen atoms in total. The summed E-state index contributed by atoms with van der Waals surface area (Å²) in [4.78, 5) is 21.1. The van der Waals surface area contributed by atoms with Crippen molar-refractivity contribution in [2.45, 2.75) is 5.03 Å². The van der Waals surface area contributed by atoms with Gasteiger partial charge in [-0.2, -0.15) is 5.10 Å². The van der Waals surface area contributed by atoms with Gasteiger partial charge in [-0.05, 0) is 48.5 Å². The number of fused-ring (bicyclic) bond motifs is 1. The molecule has 0 radical (unpaired) electrons. The van der Waals surface area contributed by atoms with Crippen LogP contribution in [0.1, 0.15) is 10.4 Å². The van der Waals surface area contributed by atoms with Gasteiger partial charge in [0.2, 0.25) is 0 Å². The molecule has 4 rings (SSSR count). The first-order valence-corrected chi connectivity index (χ1v) is 9.77. The van der Waals surface area contributed by atoms with Crippen LogP contribution in [0.5, 0.6) is 5.75 Å². The van der Waals surface area contributed by atoms with E-state index in [0.29, 0.717) is 21.3 Å². The Labute approximate surface area is 170 Å². The summed E-state index contributed by atoms with van der Waals surface area (Å²) in [6.07, 6.45) is 3.20. The fourth-order valence-corrected chi connectivity index (χ4v) is 3.68. The van der Waals surface area contributed by atoms with Gasteiger partial charge in [-0.25, -0.2) is 14.6 Å². The number of hydrogen-bond donors (Lipinski definition) is 0. The molecule has 140 valence electrons. The lowest BCUT2D eigenvalue weighted by Gasteiger charge is -2.05. The maximum atomic E-state index is 12.5. The van der Waals surface area contributed by atoms with E-state index in [1.807, 2.05) is 12.1 Å². The quantitative estimate of drug-likeness (QED) is 0.265. The van der Waals surface area contributed by atoms with Crippen LogP contribution in [-0.4, -0.2) is 38.4 Å². The second-order valence-corrected chi connectivity index (χ2v) is 7.29. The molecule has 0 aliphatic heterocycles. The van der Waals surface area contributed by atoms with Gasteiger partial charge in [-0.3, -0.25) is 4.79 Å². The Hall–Kier alpha value is -2.90. The number of rotatable bonds is 6. The number of nitrogens with zero attached hydrogens (tertiary/aromatic N) is 4. The highest BCUT2D eigenvalue weighted by atomic mass is 35.5. The number of ketones is 1. The van der Waals surface area contributed by atoms with E-state index in [1.165, 1.54) is 18.1 Å². The van der Waals surface area contributed by atoms with Crippen LogP contribution in [0.15, 0.2) is 66.1 Å². The van der Waals surface area contributed by atoms with E-state index in [2.05, 4.69) is 15.1 Å². The molecule has 0 unspecified atom stereocenters. The van der Waals surface area contributed by atoms with Crippen LogP contribution >= 0.6 is 23.4 Å². The lowest BCUT2D eigenvalue weighted by Crippen LogP contribution is -2.03. The van der Waals surface area contributed by atoms with Gasteiger partial charge < -0.3 is 4.74 Å². The highest BCUT2D eigenvalue weighted by molar-refractivity contribution is 8.00. The third-order valence-corrected chi connectivity index (χ3v) is 5.41. The number of halogens is 1. The van der Waals surface area contributed by atoms with Crippen molar-refractivity contribution < 1.29 is 9.53 Å². The summed E-state index contributed by atoms with van der Waals surface area (Å²) in [6.45, 7) is 0. The summed E-state index contributed by atoms with van der Waals surface area (Å²) >= 11 is 7.32. The lowest BCUT2D eigenvalue weighted by atomic mass is 10.1. The maximum Gasteiger partial charge on any atom is 0.173 e. The third kappa shape index (κ3) is 3.72. The molecule has 0 aliphatic carbocycles. The lowest BCUT2D eigenvalue weighted by molar-refractivity contribution is 0.102. The molecule has 0 atom stereocenters. The molecule has 0 bridgehead atoms. The number of methoxy groups -OCH3 is 1. The summed E-state index contributed by atoms with van der Waals surface area (Å²) < 4.78 is 6.85. The molecule has 0 N–H and O–H groups in total. The number of aromatic nitrogens is 4. The van der Waals surface area contributed by atoms with Gasteiger partial charge in [0.25, 0.3) is 0 Å². The van der Waals surface area contributed by atoms with Gasteiger partial charge in [0.05, 0.1) is 30.1 Å². The number of benzene rings is 2. The molecule has 2 heterocycles. The van der Waals surface area contributed by atoms with Crippen molar-refractivity contribution in [2.24, 2.45) is 0 Å².